The Morgan fingerprint density at radius 1 is 0.815 bits per heavy atom. The van der Waals surface area contributed by atoms with Gasteiger partial charge in [0.2, 0.25) is 11.8 Å². The molecule has 5 aromatic carbocycles. The highest BCUT2D eigenvalue weighted by molar-refractivity contribution is 6.32. The van der Waals surface area contributed by atoms with E-state index in [4.69, 9.17) is 23.2 Å². The van der Waals surface area contributed by atoms with Crippen LogP contribution in [0.2, 0.25) is 10.0 Å². The minimum Gasteiger partial charge on any atom is -0.507 e. The SMILES string of the molecule is Cc1ccc(N2C(=O)[C@H]3[C@H](CC=C4[C@H]3C[C@H]3C(=O)N(Nc5ccc(F)cc5)C(=O)[C@@]3(c3ccc(Cl)cc3)[C@H]4c3ccc(O)c4ccccc34)C2=O)cc1Cl. The number of rotatable bonds is 5. The van der Waals surface area contributed by atoms with Crippen molar-refractivity contribution in [2.75, 3.05) is 10.3 Å². The van der Waals surface area contributed by atoms with Gasteiger partial charge in [-0.05, 0) is 102 Å². The van der Waals surface area contributed by atoms with Gasteiger partial charge in [0.25, 0.3) is 11.8 Å². The molecule has 3 fully saturated rings. The number of amides is 4. The lowest BCUT2D eigenvalue weighted by Crippen LogP contribution is -2.53. The zero-order valence-electron chi connectivity index (χ0n) is 28.8. The first-order valence-corrected chi connectivity index (χ1v) is 18.5. The van der Waals surface area contributed by atoms with Gasteiger partial charge in [0, 0.05) is 21.3 Å². The molecule has 1 saturated carbocycles. The zero-order valence-corrected chi connectivity index (χ0v) is 30.3. The molecule has 2 saturated heterocycles. The molecule has 5 aromatic rings. The summed E-state index contributed by atoms with van der Waals surface area (Å²) in [5, 5.41) is 14.1. The molecule has 270 valence electrons. The molecule has 11 heteroatoms. The number of carbonyl (C=O) groups excluding carboxylic acids is 4. The van der Waals surface area contributed by atoms with Gasteiger partial charge in [-0.2, -0.15) is 5.01 Å². The van der Waals surface area contributed by atoms with Crippen molar-refractivity contribution in [2.24, 2.45) is 23.7 Å². The number of anilines is 2. The summed E-state index contributed by atoms with van der Waals surface area (Å²) in [5.74, 6) is -6.13. The molecule has 9 rings (SSSR count). The van der Waals surface area contributed by atoms with E-state index in [0.29, 0.717) is 43.3 Å². The molecule has 0 spiro atoms. The maximum atomic E-state index is 15.4. The van der Waals surface area contributed by atoms with Crippen molar-refractivity contribution < 1.29 is 28.7 Å². The Hall–Kier alpha value is -5.51. The van der Waals surface area contributed by atoms with Crippen LogP contribution in [0.4, 0.5) is 15.8 Å². The Balaban J connectivity index is 1.27. The maximum absolute atomic E-state index is 15.4. The average molecular weight is 761 g/mol. The first kappa shape index (κ1) is 34.3. The Morgan fingerprint density at radius 3 is 2.26 bits per heavy atom. The molecular weight excluding hydrogens is 728 g/mol. The molecule has 2 aliphatic carbocycles. The van der Waals surface area contributed by atoms with Gasteiger partial charge in [-0.3, -0.25) is 24.6 Å². The molecule has 0 bridgehead atoms. The van der Waals surface area contributed by atoms with Crippen LogP contribution in [-0.4, -0.2) is 33.7 Å². The standard InChI is InChI=1S/C43H32Cl2FN3O5/c1-22-6-15-27(20-35(22)45)48-39(51)32-17-16-31-33(37(32)41(48)53)21-34-40(52)49(47-26-13-11-25(46)12-14-26)42(54)43(34,23-7-9-24(44)10-8-23)38(31)30-18-19-36(50)29-5-3-2-4-28(29)30/h2-16,18-20,32-34,37-38,47,50H,17,21H2,1H3/t32-,33+,34-,37-,38-,43+/m0/s1. The van der Waals surface area contributed by atoms with Crippen LogP contribution in [0, 0.1) is 36.4 Å². The Labute approximate surface area is 319 Å². The van der Waals surface area contributed by atoms with Crippen LogP contribution < -0.4 is 10.3 Å². The summed E-state index contributed by atoms with van der Waals surface area (Å²) in [7, 11) is 0. The first-order chi connectivity index (χ1) is 26.0. The number of hydrogen-bond acceptors (Lipinski definition) is 6. The van der Waals surface area contributed by atoms with Crippen molar-refractivity contribution in [3.05, 3.63) is 147 Å². The third kappa shape index (κ3) is 4.87. The molecule has 2 heterocycles. The summed E-state index contributed by atoms with van der Waals surface area (Å²) in [5.41, 5.74) is 4.93. The number of phenolic OH excluding ortho intramolecular Hbond substituents is 1. The predicted octanol–water partition coefficient (Wildman–Crippen LogP) is 8.49. The van der Waals surface area contributed by atoms with E-state index >= 15 is 4.79 Å². The minimum absolute atomic E-state index is 0.0499. The Morgan fingerprint density at radius 2 is 1.54 bits per heavy atom. The van der Waals surface area contributed by atoms with Gasteiger partial charge in [-0.25, -0.2) is 9.29 Å². The number of halogens is 3. The number of hydrazine groups is 1. The zero-order chi connectivity index (χ0) is 37.6. The normalized spacial score (nSPS) is 26.1. The fourth-order valence-corrected chi connectivity index (χ4v) is 9.83. The van der Waals surface area contributed by atoms with Gasteiger partial charge in [-0.15, -0.1) is 0 Å². The van der Waals surface area contributed by atoms with Crippen molar-refractivity contribution >= 4 is 69.0 Å². The minimum atomic E-state index is -1.56. The molecule has 4 amide bonds. The van der Waals surface area contributed by atoms with E-state index < -0.39 is 52.6 Å². The number of hydrogen-bond donors (Lipinski definition) is 2. The third-order valence-corrected chi connectivity index (χ3v) is 12.6. The lowest BCUT2D eigenvalue weighted by Gasteiger charge is -2.51. The molecule has 4 aliphatic rings. The van der Waals surface area contributed by atoms with Gasteiger partial charge in [-0.1, -0.05) is 83.4 Å². The highest BCUT2D eigenvalue weighted by Gasteiger charge is 2.70. The number of imide groups is 2. The molecule has 0 unspecified atom stereocenters. The second-order valence-corrected chi connectivity index (χ2v) is 15.4. The van der Waals surface area contributed by atoms with E-state index in [1.807, 2.05) is 31.2 Å². The number of aryl methyl sites for hydroxylation is 1. The van der Waals surface area contributed by atoms with Gasteiger partial charge < -0.3 is 5.11 Å². The van der Waals surface area contributed by atoms with E-state index in [9.17, 15) is 23.9 Å². The van der Waals surface area contributed by atoms with Crippen LogP contribution in [0.25, 0.3) is 10.8 Å². The quantitative estimate of drug-likeness (QED) is 0.138. The fraction of sp³-hybridized carbons (Fsp3) is 0.209. The monoisotopic (exact) mass is 759 g/mol. The Kier molecular flexibility index (Phi) is 7.95. The smallest absolute Gasteiger partial charge is 0.260 e. The summed E-state index contributed by atoms with van der Waals surface area (Å²) in [6.45, 7) is 1.84. The number of nitrogens with zero attached hydrogens (tertiary/aromatic N) is 2. The molecular formula is C43H32Cl2FN3O5. The molecule has 0 radical (unpaired) electrons. The molecule has 6 atom stereocenters. The van der Waals surface area contributed by atoms with Crippen LogP contribution in [-0.2, 0) is 24.6 Å². The van der Waals surface area contributed by atoms with Gasteiger partial charge in [0.1, 0.15) is 11.6 Å². The summed E-state index contributed by atoms with van der Waals surface area (Å²) in [4.78, 5) is 60.4. The number of phenols is 1. The predicted molar refractivity (Wildman–Crippen MR) is 203 cm³/mol. The van der Waals surface area contributed by atoms with Crippen LogP contribution in [0.1, 0.15) is 35.4 Å². The Bertz CT molecular complexity index is 2470. The summed E-state index contributed by atoms with van der Waals surface area (Å²) < 4.78 is 13.9. The van der Waals surface area contributed by atoms with E-state index in [0.717, 1.165) is 16.1 Å². The number of carbonyl (C=O) groups is 4. The lowest BCUT2D eigenvalue weighted by atomic mass is 9.49. The van der Waals surface area contributed by atoms with Crippen molar-refractivity contribution in [3.63, 3.8) is 0 Å². The number of nitrogens with one attached hydrogen (secondary N) is 1. The molecule has 54 heavy (non-hydrogen) atoms. The number of aromatic hydroxyl groups is 1. The van der Waals surface area contributed by atoms with Crippen LogP contribution in [0.3, 0.4) is 0 Å². The van der Waals surface area contributed by atoms with Crippen molar-refractivity contribution in [3.8, 4) is 5.75 Å². The van der Waals surface area contributed by atoms with Gasteiger partial charge in [0.05, 0.1) is 34.5 Å². The largest absolute Gasteiger partial charge is 0.507 e. The van der Waals surface area contributed by atoms with E-state index in [1.165, 1.54) is 29.2 Å². The fourth-order valence-electron chi connectivity index (χ4n) is 9.53. The second kappa shape index (κ2) is 12.5. The van der Waals surface area contributed by atoms with Crippen LogP contribution in [0.5, 0.6) is 5.75 Å². The first-order valence-electron chi connectivity index (χ1n) is 17.7. The van der Waals surface area contributed by atoms with Crippen molar-refractivity contribution in [2.45, 2.75) is 31.1 Å². The summed E-state index contributed by atoms with van der Waals surface area (Å²) >= 11 is 12.9. The highest BCUT2D eigenvalue weighted by atomic mass is 35.5. The topological polar surface area (TPSA) is 107 Å². The van der Waals surface area contributed by atoms with Crippen LogP contribution >= 0.6 is 23.2 Å². The molecule has 2 N–H and O–H groups in total. The number of allylic oxidation sites excluding steroid dienone is 2. The summed E-state index contributed by atoms with van der Waals surface area (Å²) in [6.07, 6.45) is 2.32. The average Bonchev–Trinajstić information content (AvgIpc) is 3.55. The van der Waals surface area contributed by atoms with Gasteiger partial charge in [0.15, 0.2) is 0 Å². The summed E-state index contributed by atoms with van der Waals surface area (Å²) in [6, 6.07) is 28.0. The van der Waals surface area contributed by atoms with Crippen LogP contribution in [0.15, 0.2) is 115 Å². The van der Waals surface area contributed by atoms with E-state index in [-0.39, 0.29) is 30.4 Å². The van der Waals surface area contributed by atoms with E-state index in [1.54, 1.807) is 60.7 Å². The molecule has 8 nitrogen and oxygen atoms in total. The van der Waals surface area contributed by atoms with Crippen molar-refractivity contribution in [1.29, 1.82) is 0 Å². The highest BCUT2D eigenvalue weighted by Crippen LogP contribution is 2.65. The number of benzene rings is 5. The molecule has 0 aromatic heterocycles. The molecule has 2 aliphatic heterocycles. The lowest BCUT2D eigenvalue weighted by molar-refractivity contribution is -0.138. The second-order valence-electron chi connectivity index (χ2n) is 14.5. The third-order valence-electron chi connectivity index (χ3n) is 11.9. The number of fused-ring (bicyclic) bond motifs is 5. The van der Waals surface area contributed by atoms with Crippen molar-refractivity contribution in [1.82, 2.24) is 5.01 Å². The van der Waals surface area contributed by atoms with E-state index in [2.05, 4.69) is 5.43 Å². The van der Waals surface area contributed by atoms with Gasteiger partial charge >= 0.3 is 0 Å². The maximum Gasteiger partial charge on any atom is 0.260 e.